The van der Waals surface area contributed by atoms with Gasteiger partial charge in [0.15, 0.2) is 0 Å². The van der Waals surface area contributed by atoms with E-state index >= 15 is 0 Å². The molecule has 0 aromatic rings. The monoisotopic (exact) mass is 257 g/mol. The Labute approximate surface area is 110 Å². The van der Waals surface area contributed by atoms with Gasteiger partial charge in [-0.3, -0.25) is 4.79 Å². The normalized spacial score (nSPS) is 21.1. The minimum Gasteiger partial charge on any atom is -0.396 e. The highest BCUT2D eigenvalue weighted by molar-refractivity contribution is 5.80. The minimum absolute atomic E-state index is 0.0699. The van der Waals surface area contributed by atoms with Gasteiger partial charge in [0, 0.05) is 13.2 Å². The van der Waals surface area contributed by atoms with E-state index in [-0.39, 0.29) is 30.6 Å². The topological polar surface area (TPSA) is 58.6 Å². The molecule has 0 spiro atoms. The molecule has 0 aromatic carbocycles. The second kappa shape index (κ2) is 8.48. The van der Waals surface area contributed by atoms with E-state index in [4.69, 9.17) is 9.84 Å². The van der Waals surface area contributed by atoms with Gasteiger partial charge in [-0.25, -0.2) is 0 Å². The molecule has 1 aliphatic rings. The van der Waals surface area contributed by atoms with Gasteiger partial charge in [0.1, 0.15) is 6.10 Å². The number of nitrogens with one attached hydrogen (secondary N) is 1. The summed E-state index contributed by atoms with van der Waals surface area (Å²) in [5.74, 6) is 0.0265. The average Bonchev–Trinajstić information content (AvgIpc) is 2.63. The molecule has 1 fully saturated rings. The van der Waals surface area contributed by atoms with Crippen LogP contribution in [-0.4, -0.2) is 36.4 Å². The van der Waals surface area contributed by atoms with Gasteiger partial charge in [-0.15, -0.1) is 0 Å². The molecule has 2 N–H and O–H groups in total. The van der Waals surface area contributed by atoms with Crippen molar-refractivity contribution < 1.29 is 14.6 Å². The van der Waals surface area contributed by atoms with Crippen LogP contribution in [0, 0.1) is 5.92 Å². The van der Waals surface area contributed by atoms with Crippen LogP contribution in [0.3, 0.4) is 0 Å². The number of carbonyl (C=O) groups is 1. The third-order valence-electron chi connectivity index (χ3n) is 3.50. The third kappa shape index (κ3) is 5.83. The fraction of sp³-hybridized carbons (Fsp3) is 0.929. The number of aliphatic hydroxyl groups excluding tert-OH is 1. The van der Waals surface area contributed by atoms with Gasteiger partial charge in [-0.05, 0) is 25.7 Å². The van der Waals surface area contributed by atoms with Crippen LogP contribution >= 0.6 is 0 Å². The van der Waals surface area contributed by atoms with Gasteiger partial charge in [0.25, 0.3) is 0 Å². The van der Waals surface area contributed by atoms with Crippen molar-refractivity contribution in [2.75, 3.05) is 13.2 Å². The summed E-state index contributed by atoms with van der Waals surface area (Å²) < 4.78 is 5.82. The first-order valence-corrected chi connectivity index (χ1v) is 7.17. The zero-order chi connectivity index (χ0) is 13.4. The lowest BCUT2D eigenvalue weighted by molar-refractivity contribution is -0.136. The van der Waals surface area contributed by atoms with Gasteiger partial charge in [-0.2, -0.15) is 0 Å². The maximum Gasteiger partial charge on any atom is 0.248 e. The number of hydrogen-bond acceptors (Lipinski definition) is 3. The predicted molar refractivity (Wildman–Crippen MR) is 71.3 cm³/mol. The molecule has 1 amide bonds. The van der Waals surface area contributed by atoms with E-state index in [2.05, 4.69) is 5.32 Å². The van der Waals surface area contributed by atoms with Gasteiger partial charge in [-0.1, -0.05) is 32.6 Å². The van der Waals surface area contributed by atoms with Gasteiger partial charge < -0.3 is 15.2 Å². The van der Waals surface area contributed by atoms with Crippen LogP contribution in [0.5, 0.6) is 0 Å². The maximum atomic E-state index is 11.8. The molecule has 1 rings (SSSR count). The predicted octanol–water partition coefficient (Wildman–Crippen LogP) is 1.86. The van der Waals surface area contributed by atoms with Crippen LogP contribution < -0.4 is 5.32 Å². The summed E-state index contributed by atoms with van der Waals surface area (Å²) >= 11 is 0. The van der Waals surface area contributed by atoms with Crippen molar-refractivity contribution >= 4 is 5.91 Å². The van der Waals surface area contributed by atoms with Crippen molar-refractivity contribution in [2.24, 2.45) is 5.92 Å². The van der Waals surface area contributed by atoms with Crippen LogP contribution in [0.4, 0.5) is 0 Å². The summed E-state index contributed by atoms with van der Waals surface area (Å²) in [5.41, 5.74) is 0. The van der Waals surface area contributed by atoms with Crippen molar-refractivity contribution in [1.29, 1.82) is 0 Å². The first kappa shape index (κ1) is 15.4. The first-order chi connectivity index (χ1) is 8.63. The summed E-state index contributed by atoms with van der Waals surface area (Å²) in [7, 11) is 0. The zero-order valence-corrected chi connectivity index (χ0v) is 11.7. The molecule has 1 aliphatic carbocycles. The maximum absolute atomic E-state index is 11.8. The summed E-state index contributed by atoms with van der Waals surface area (Å²) in [5, 5.41) is 11.7. The number of rotatable bonds is 6. The molecule has 0 heterocycles. The standard InChI is InChI=1S/C14H27NO3/c1-11(10-16)9-15-14(17)12(2)18-13-7-5-3-4-6-8-13/h11-13,16H,3-10H2,1-2H3,(H,15,17). The fourth-order valence-electron chi connectivity index (χ4n) is 2.21. The van der Waals surface area contributed by atoms with Crippen LogP contribution in [0.2, 0.25) is 0 Å². The van der Waals surface area contributed by atoms with Crippen molar-refractivity contribution in [1.82, 2.24) is 5.32 Å². The van der Waals surface area contributed by atoms with E-state index in [1.807, 2.05) is 13.8 Å². The minimum atomic E-state index is -0.390. The smallest absolute Gasteiger partial charge is 0.248 e. The molecular formula is C14H27NO3. The number of amides is 1. The first-order valence-electron chi connectivity index (χ1n) is 7.17. The van der Waals surface area contributed by atoms with Crippen molar-refractivity contribution in [3.63, 3.8) is 0 Å². The highest BCUT2D eigenvalue weighted by Crippen LogP contribution is 2.20. The molecule has 2 atom stereocenters. The van der Waals surface area contributed by atoms with E-state index < -0.39 is 0 Å². The molecule has 0 saturated heterocycles. The van der Waals surface area contributed by atoms with E-state index in [1.165, 1.54) is 25.7 Å². The van der Waals surface area contributed by atoms with Crippen LogP contribution in [0.1, 0.15) is 52.4 Å². The molecule has 18 heavy (non-hydrogen) atoms. The molecule has 2 unspecified atom stereocenters. The Morgan fingerprint density at radius 3 is 2.44 bits per heavy atom. The van der Waals surface area contributed by atoms with E-state index in [0.717, 1.165) is 12.8 Å². The number of hydrogen-bond donors (Lipinski definition) is 2. The molecule has 1 saturated carbocycles. The van der Waals surface area contributed by atoms with Crippen molar-refractivity contribution in [3.05, 3.63) is 0 Å². The third-order valence-corrected chi connectivity index (χ3v) is 3.50. The fourth-order valence-corrected chi connectivity index (χ4v) is 2.21. The highest BCUT2D eigenvalue weighted by atomic mass is 16.5. The van der Waals surface area contributed by atoms with Gasteiger partial charge in [0.05, 0.1) is 6.10 Å². The van der Waals surface area contributed by atoms with Gasteiger partial charge >= 0.3 is 0 Å². The average molecular weight is 257 g/mol. The Morgan fingerprint density at radius 2 is 1.89 bits per heavy atom. The lowest BCUT2D eigenvalue weighted by Crippen LogP contribution is -2.39. The largest absolute Gasteiger partial charge is 0.396 e. The molecule has 0 aliphatic heterocycles. The van der Waals surface area contributed by atoms with E-state index in [1.54, 1.807) is 0 Å². The number of aliphatic hydroxyl groups is 1. The Morgan fingerprint density at radius 1 is 1.28 bits per heavy atom. The lowest BCUT2D eigenvalue weighted by atomic mass is 10.1. The van der Waals surface area contributed by atoms with Crippen LogP contribution in [0.25, 0.3) is 0 Å². The molecule has 0 radical (unpaired) electrons. The second-order valence-electron chi connectivity index (χ2n) is 5.42. The number of ether oxygens (including phenoxy) is 1. The molecule has 106 valence electrons. The summed E-state index contributed by atoms with van der Waals surface area (Å²) in [6.07, 6.45) is 6.99. The summed E-state index contributed by atoms with van der Waals surface area (Å²) in [6, 6.07) is 0. The molecule has 4 nitrogen and oxygen atoms in total. The van der Waals surface area contributed by atoms with Crippen molar-refractivity contribution in [2.45, 2.75) is 64.6 Å². The van der Waals surface area contributed by atoms with Crippen molar-refractivity contribution in [3.8, 4) is 0 Å². The Bertz CT molecular complexity index is 237. The highest BCUT2D eigenvalue weighted by Gasteiger charge is 2.20. The van der Waals surface area contributed by atoms with Crippen LogP contribution in [0.15, 0.2) is 0 Å². The summed E-state index contributed by atoms with van der Waals surface area (Å²) in [4.78, 5) is 11.8. The summed E-state index contributed by atoms with van der Waals surface area (Å²) in [6.45, 7) is 4.31. The molecule has 4 heteroatoms. The molecular weight excluding hydrogens is 230 g/mol. The van der Waals surface area contributed by atoms with E-state index in [0.29, 0.717) is 6.54 Å². The Hall–Kier alpha value is -0.610. The van der Waals surface area contributed by atoms with Gasteiger partial charge in [0.2, 0.25) is 5.91 Å². The lowest BCUT2D eigenvalue weighted by Gasteiger charge is -2.21. The molecule has 0 aromatic heterocycles. The number of carbonyl (C=O) groups excluding carboxylic acids is 1. The zero-order valence-electron chi connectivity index (χ0n) is 11.7. The Balaban J connectivity index is 2.25. The van der Waals surface area contributed by atoms with Crippen LogP contribution in [-0.2, 0) is 9.53 Å². The second-order valence-corrected chi connectivity index (χ2v) is 5.42. The molecule has 0 bridgehead atoms. The van der Waals surface area contributed by atoms with E-state index in [9.17, 15) is 4.79 Å². The SMILES string of the molecule is CC(CO)CNC(=O)C(C)OC1CCCCCC1. The quantitative estimate of drug-likeness (QED) is 0.714. The Kier molecular flexibility index (Phi) is 7.28.